The molecule has 0 saturated heterocycles. The van der Waals surface area contributed by atoms with Gasteiger partial charge in [0.25, 0.3) is 0 Å². The summed E-state index contributed by atoms with van der Waals surface area (Å²) in [6, 6.07) is 19.8. The molecular formula is C22H22N2O4S. The van der Waals surface area contributed by atoms with E-state index in [1.807, 2.05) is 43.3 Å². The normalized spacial score (nSPS) is 11.8. The van der Waals surface area contributed by atoms with Gasteiger partial charge in [-0.1, -0.05) is 48.5 Å². The van der Waals surface area contributed by atoms with Crippen LogP contribution >= 0.6 is 0 Å². The zero-order valence-corrected chi connectivity index (χ0v) is 16.8. The molecule has 1 amide bonds. The van der Waals surface area contributed by atoms with Crippen molar-refractivity contribution < 1.29 is 17.6 Å². The molecule has 1 heterocycles. The number of nitrogens with one attached hydrogen (secondary N) is 1. The largest absolute Gasteiger partial charge is 0.468 e. The molecule has 0 aliphatic rings. The van der Waals surface area contributed by atoms with Crippen molar-refractivity contribution in [3.05, 3.63) is 95.3 Å². The number of para-hydroxylation sites is 1. The maximum absolute atomic E-state index is 12.9. The van der Waals surface area contributed by atoms with E-state index in [9.17, 15) is 13.2 Å². The van der Waals surface area contributed by atoms with Gasteiger partial charge in [0.2, 0.25) is 15.9 Å². The first-order chi connectivity index (χ1) is 13.9. The van der Waals surface area contributed by atoms with Crippen LogP contribution in [0.1, 0.15) is 16.9 Å². The van der Waals surface area contributed by atoms with Gasteiger partial charge in [0.05, 0.1) is 19.4 Å². The fraction of sp³-hybridized carbons (Fsp3) is 0.136. The van der Waals surface area contributed by atoms with E-state index in [2.05, 4.69) is 5.32 Å². The van der Waals surface area contributed by atoms with E-state index in [4.69, 9.17) is 4.42 Å². The van der Waals surface area contributed by atoms with Gasteiger partial charge in [-0.15, -0.1) is 0 Å². The number of nitrogens with zero attached hydrogens (tertiary/aromatic N) is 1. The van der Waals surface area contributed by atoms with Crippen molar-refractivity contribution >= 4 is 27.7 Å². The summed E-state index contributed by atoms with van der Waals surface area (Å²) >= 11 is 0. The molecule has 0 radical (unpaired) electrons. The summed E-state index contributed by atoms with van der Waals surface area (Å²) < 4.78 is 32.2. The van der Waals surface area contributed by atoms with Crippen molar-refractivity contribution in [2.45, 2.75) is 13.5 Å². The predicted octanol–water partition coefficient (Wildman–Crippen LogP) is 4.03. The molecule has 0 unspecified atom stereocenters. The lowest BCUT2D eigenvalue weighted by molar-refractivity contribution is -0.116. The number of carbonyl (C=O) groups excluding carboxylic acids is 1. The zero-order chi connectivity index (χ0) is 20.7. The van der Waals surface area contributed by atoms with Crippen LogP contribution in [0.3, 0.4) is 0 Å². The van der Waals surface area contributed by atoms with E-state index in [-0.39, 0.29) is 13.1 Å². The Morgan fingerprint density at radius 1 is 1.03 bits per heavy atom. The number of amides is 1. The lowest BCUT2D eigenvalue weighted by Gasteiger charge is -2.19. The quantitative estimate of drug-likeness (QED) is 0.608. The number of sulfonamides is 1. The number of anilines is 1. The van der Waals surface area contributed by atoms with Crippen LogP contribution in [0.2, 0.25) is 0 Å². The molecule has 7 heteroatoms. The highest BCUT2D eigenvalue weighted by Crippen LogP contribution is 2.16. The summed E-state index contributed by atoms with van der Waals surface area (Å²) in [6.45, 7) is 1.49. The predicted molar refractivity (Wildman–Crippen MR) is 113 cm³/mol. The van der Waals surface area contributed by atoms with Crippen LogP contribution in [0, 0.1) is 6.92 Å². The summed E-state index contributed by atoms with van der Waals surface area (Å²) in [5.41, 5.74) is 2.29. The number of hydrogen-bond acceptors (Lipinski definition) is 4. The van der Waals surface area contributed by atoms with Crippen LogP contribution in [0.4, 0.5) is 5.69 Å². The summed E-state index contributed by atoms with van der Waals surface area (Å²) in [4.78, 5) is 12.6. The highest BCUT2D eigenvalue weighted by Gasteiger charge is 2.24. The molecule has 29 heavy (non-hydrogen) atoms. The lowest BCUT2D eigenvalue weighted by Crippen LogP contribution is -2.36. The van der Waals surface area contributed by atoms with Crippen molar-refractivity contribution in [2.24, 2.45) is 0 Å². The molecular weight excluding hydrogens is 388 g/mol. The average molecular weight is 410 g/mol. The molecule has 150 valence electrons. The Morgan fingerprint density at radius 3 is 2.45 bits per heavy atom. The smallest absolute Gasteiger partial charge is 0.239 e. The summed E-state index contributed by atoms with van der Waals surface area (Å²) in [5.74, 6) is 0.0212. The second kappa shape index (κ2) is 9.36. The van der Waals surface area contributed by atoms with Crippen LogP contribution in [-0.2, 0) is 21.4 Å². The molecule has 0 aliphatic carbocycles. The van der Waals surface area contributed by atoms with Crippen molar-refractivity contribution in [3.8, 4) is 0 Å². The SMILES string of the molecule is Cc1ccccc1NC(=O)CN(Cc1ccco1)S(=O)(=O)/C=C/c1ccccc1. The van der Waals surface area contributed by atoms with E-state index in [1.165, 1.54) is 12.3 Å². The van der Waals surface area contributed by atoms with Crippen molar-refractivity contribution in [1.82, 2.24) is 4.31 Å². The number of furan rings is 1. The Kier molecular flexibility index (Phi) is 6.64. The molecule has 1 N–H and O–H groups in total. The zero-order valence-electron chi connectivity index (χ0n) is 16.0. The maximum atomic E-state index is 12.9. The second-order valence-electron chi connectivity index (χ2n) is 6.47. The highest BCUT2D eigenvalue weighted by atomic mass is 32.2. The first-order valence-electron chi connectivity index (χ1n) is 9.05. The van der Waals surface area contributed by atoms with Crippen LogP contribution in [0.5, 0.6) is 0 Å². The highest BCUT2D eigenvalue weighted by molar-refractivity contribution is 7.92. The van der Waals surface area contributed by atoms with Gasteiger partial charge in [0.15, 0.2) is 0 Å². The molecule has 0 fully saturated rings. The minimum absolute atomic E-state index is 0.0460. The molecule has 6 nitrogen and oxygen atoms in total. The van der Waals surface area contributed by atoms with E-state index >= 15 is 0 Å². The Balaban J connectivity index is 1.79. The van der Waals surface area contributed by atoms with Gasteiger partial charge in [0, 0.05) is 11.1 Å². The molecule has 0 spiro atoms. The summed E-state index contributed by atoms with van der Waals surface area (Å²) in [5, 5.41) is 3.87. The van der Waals surface area contributed by atoms with Crippen LogP contribution in [0.15, 0.2) is 82.8 Å². The number of carbonyl (C=O) groups is 1. The minimum atomic E-state index is -3.86. The third-order valence-corrected chi connectivity index (χ3v) is 5.70. The fourth-order valence-electron chi connectivity index (χ4n) is 2.69. The second-order valence-corrected chi connectivity index (χ2v) is 8.29. The van der Waals surface area contributed by atoms with Crippen molar-refractivity contribution in [2.75, 3.05) is 11.9 Å². The van der Waals surface area contributed by atoms with Crippen molar-refractivity contribution in [3.63, 3.8) is 0 Å². The average Bonchev–Trinajstić information content (AvgIpc) is 3.22. The molecule has 0 saturated carbocycles. The van der Waals surface area contributed by atoms with E-state index in [1.54, 1.807) is 30.3 Å². The standard InChI is InChI=1S/C22H22N2O4S/c1-18-8-5-6-12-21(18)23-22(25)17-24(16-20-11-7-14-28-20)29(26,27)15-13-19-9-3-2-4-10-19/h2-15H,16-17H2,1H3,(H,23,25)/b15-13+. The third-order valence-electron chi connectivity index (χ3n) is 4.24. The van der Waals surface area contributed by atoms with Gasteiger partial charge in [-0.05, 0) is 42.3 Å². The number of hydrogen-bond donors (Lipinski definition) is 1. The van der Waals surface area contributed by atoms with Gasteiger partial charge >= 0.3 is 0 Å². The van der Waals surface area contributed by atoms with E-state index in [0.29, 0.717) is 11.4 Å². The lowest BCUT2D eigenvalue weighted by atomic mass is 10.2. The van der Waals surface area contributed by atoms with Gasteiger partial charge < -0.3 is 9.73 Å². The fourth-order valence-corrected chi connectivity index (χ4v) is 3.80. The number of benzene rings is 2. The molecule has 2 aromatic carbocycles. The van der Waals surface area contributed by atoms with Gasteiger partial charge in [0.1, 0.15) is 5.76 Å². The Hall–Kier alpha value is -3.16. The topological polar surface area (TPSA) is 79.6 Å². The van der Waals surface area contributed by atoms with Crippen LogP contribution in [0.25, 0.3) is 6.08 Å². The first kappa shape index (κ1) is 20.6. The maximum Gasteiger partial charge on any atom is 0.239 e. The molecule has 0 atom stereocenters. The summed E-state index contributed by atoms with van der Waals surface area (Å²) in [6.07, 6.45) is 2.97. The van der Waals surface area contributed by atoms with Gasteiger partial charge in [-0.25, -0.2) is 8.42 Å². The van der Waals surface area contributed by atoms with Crippen LogP contribution < -0.4 is 5.32 Å². The number of rotatable bonds is 8. The third kappa shape index (κ3) is 5.91. The Labute approximate surface area is 170 Å². The molecule has 0 aliphatic heterocycles. The van der Waals surface area contributed by atoms with E-state index in [0.717, 1.165) is 20.8 Å². The molecule has 3 rings (SSSR count). The summed E-state index contributed by atoms with van der Waals surface area (Å²) in [7, 11) is -3.86. The Bertz CT molecular complexity index is 1080. The molecule has 3 aromatic rings. The van der Waals surface area contributed by atoms with Gasteiger partial charge in [-0.3, -0.25) is 4.79 Å². The number of aryl methyl sites for hydroxylation is 1. The van der Waals surface area contributed by atoms with E-state index < -0.39 is 15.9 Å². The van der Waals surface area contributed by atoms with Crippen molar-refractivity contribution in [1.29, 1.82) is 0 Å². The monoisotopic (exact) mass is 410 g/mol. The van der Waals surface area contributed by atoms with Gasteiger partial charge in [-0.2, -0.15) is 4.31 Å². The molecule has 1 aromatic heterocycles. The Morgan fingerprint density at radius 2 is 1.76 bits per heavy atom. The first-order valence-corrected chi connectivity index (χ1v) is 10.6. The van der Waals surface area contributed by atoms with Crippen LogP contribution in [-0.4, -0.2) is 25.2 Å². The minimum Gasteiger partial charge on any atom is -0.468 e. The molecule has 0 bridgehead atoms.